The molecule has 3 heterocycles. The van der Waals surface area contributed by atoms with Gasteiger partial charge in [0, 0.05) is 32.4 Å². The highest BCUT2D eigenvalue weighted by molar-refractivity contribution is 7.89. The van der Waals surface area contributed by atoms with Gasteiger partial charge in [0.25, 0.3) is 0 Å². The van der Waals surface area contributed by atoms with Gasteiger partial charge in [0.15, 0.2) is 5.82 Å². The smallest absolute Gasteiger partial charge is 0.241 e. The third kappa shape index (κ3) is 4.24. The standard InChI is InChI=1S/C22H27FN6O2S/c1-14-13-17(23)5-6-20(14)32(30,31)27-18-8-11-29(12-9-18)22-16(3)15(2)21(25-26-22)19-7-10-24-28(19)4/h5-7,10,13,18,27H,8-9,11-12H2,1-4H3. The van der Waals surface area contributed by atoms with Crippen LogP contribution in [0.5, 0.6) is 0 Å². The highest BCUT2D eigenvalue weighted by atomic mass is 32.2. The normalized spacial score (nSPS) is 15.3. The number of aryl methyl sites for hydroxylation is 2. The number of anilines is 1. The first-order valence-corrected chi connectivity index (χ1v) is 12.0. The molecule has 0 aliphatic carbocycles. The van der Waals surface area contributed by atoms with Crippen LogP contribution in [0, 0.1) is 26.6 Å². The molecular weight excluding hydrogens is 431 g/mol. The van der Waals surface area contributed by atoms with E-state index in [0.29, 0.717) is 31.5 Å². The van der Waals surface area contributed by atoms with Gasteiger partial charge in [0.05, 0.1) is 10.6 Å². The molecule has 0 spiro atoms. The molecule has 1 aliphatic rings. The van der Waals surface area contributed by atoms with E-state index in [9.17, 15) is 12.8 Å². The molecule has 170 valence electrons. The van der Waals surface area contributed by atoms with Gasteiger partial charge in [0.1, 0.15) is 11.5 Å². The van der Waals surface area contributed by atoms with Crippen LogP contribution in [0.25, 0.3) is 11.4 Å². The minimum atomic E-state index is -3.71. The summed E-state index contributed by atoms with van der Waals surface area (Å²) in [4.78, 5) is 2.26. The lowest BCUT2D eigenvalue weighted by Gasteiger charge is -2.34. The second kappa shape index (κ2) is 8.59. The first kappa shape index (κ1) is 22.3. The van der Waals surface area contributed by atoms with E-state index >= 15 is 0 Å². The summed E-state index contributed by atoms with van der Waals surface area (Å²) < 4.78 is 43.5. The second-order valence-corrected chi connectivity index (χ2v) is 9.94. The number of sulfonamides is 1. The summed E-state index contributed by atoms with van der Waals surface area (Å²) in [5.41, 5.74) is 4.22. The molecule has 10 heteroatoms. The van der Waals surface area contributed by atoms with E-state index in [0.717, 1.165) is 28.3 Å². The Balaban J connectivity index is 1.46. The summed E-state index contributed by atoms with van der Waals surface area (Å²) in [6.45, 7) is 6.98. The van der Waals surface area contributed by atoms with Gasteiger partial charge < -0.3 is 4.90 Å². The van der Waals surface area contributed by atoms with Crippen LogP contribution in [0.1, 0.15) is 29.5 Å². The lowest BCUT2D eigenvalue weighted by atomic mass is 10.0. The van der Waals surface area contributed by atoms with Crippen molar-refractivity contribution in [1.29, 1.82) is 0 Å². The predicted molar refractivity (Wildman–Crippen MR) is 120 cm³/mol. The maximum Gasteiger partial charge on any atom is 0.241 e. The number of nitrogens with zero attached hydrogens (tertiary/aromatic N) is 5. The van der Waals surface area contributed by atoms with Crippen molar-refractivity contribution in [3.05, 3.63) is 53.0 Å². The molecule has 2 aromatic heterocycles. The number of aromatic nitrogens is 4. The van der Waals surface area contributed by atoms with Crippen LogP contribution in [0.15, 0.2) is 35.4 Å². The lowest BCUT2D eigenvalue weighted by molar-refractivity contribution is 0.457. The molecule has 3 aromatic rings. The number of halogens is 1. The maximum atomic E-state index is 13.3. The summed E-state index contributed by atoms with van der Waals surface area (Å²) in [7, 11) is -1.84. The van der Waals surface area contributed by atoms with Gasteiger partial charge in [-0.2, -0.15) is 5.10 Å². The fourth-order valence-electron chi connectivity index (χ4n) is 4.15. The quantitative estimate of drug-likeness (QED) is 0.632. The summed E-state index contributed by atoms with van der Waals surface area (Å²) in [5, 5.41) is 13.2. The van der Waals surface area contributed by atoms with Gasteiger partial charge >= 0.3 is 0 Å². The van der Waals surface area contributed by atoms with Crippen LogP contribution in [0.4, 0.5) is 10.2 Å². The van der Waals surface area contributed by atoms with Crippen molar-refractivity contribution in [1.82, 2.24) is 24.7 Å². The maximum absolute atomic E-state index is 13.3. The Morgan fingerprint density at radius 1 is 1.06 bits per heavy atom. The molecular formula is C22H27FN6O2S. The first-order valence-electron chi connectivity index (χ1n) is 10.5. The minimum absolute atomic E-state index is 0.115. The van der Waals surface area contributed by atoms with Gasteiger partial charge in [-0.15, -0.1) is 10.2 Å². The van der Waals surface area contributed by atoms with Gasteiger partial charge in [-0.1, -0.05) is 0 Å². The molecule has 0 amide bonds. The van der Waals surface area contributed by atoms with Crippen LogP contribution in [-0.4, -0.2) is 47.5 Å². The molecule has 32 heavy (non-hydrogen) atoms. The summed E-state index contributed by atoms with van der Waals surface area (Å²) in [5.74, 6) is 0.375. The van der Waals surface area contributed by atoms with E-state index < -0.39 is 15.8 Å². The highest BCUT2D eigenvalue weighted by Gasteiger charge is 2.27. The molecule has 0 unspecified atom stereocenters. The number of rotatable bonds is 5. The number of benzene rings is 1. The van der Waals surface area contributed by atoms with Crippen LogP contribution in [0.2, 0.25) is 0 Å². The lowest BCUT2D eigenvalue weighted by Crippen LogP contribution is -2.45. The molecule has 1 N–H and O–H groups in total. The van der Waals surface area contributed by atoms with Crippen LogP contribution < -0.4 is 9.62 Å². The van der Waals surface area contributed by atoms with Crippen molar-refractivity contribution in [3.8, 4) is 11.4 Å². The molecule has 0 saturated carbocycles. The minimum Gasteiger partial charge on any atom is -0.355 e. The van der Waals surface area contributed by atoms with Gasteiger partial charge in [0.2, 0.25) is 10.0 Å². The van der Waals surface area contributed by atoms with Crippen molar-refractivity contribution >= 4 is 15.8 Å². The third-order valence-corrected chi connectivity index (χ3v) is 7.78. The van der Waals surface area contributed by atoms with Gasteiger partial charge in [-0.05, 0) is 74.6 Å². The largest absolute Gasteiger partial charge is 0.355 e. The van der Waals surface area contributed by atoms with Crippen molar-refractivity contribution in [2.45, 2.75) is 44.6 Å². The van der Waals surface area contributed by atoms with Crippen molar-refractivity contribution in [3.63, 3.8) is 0 Å². The Kier molecular flexibility index (Phi) is 6.00. The Bertz CT molecular complexity index is 1250. The number of piperidine rings is 1. The van der Waals surface area contributed by atoms with Crippen LogP contribution in [0.3, 0.4) is 0 Å². The Hall–Kier alpha value is -2.85. The molecule has 0 bridgehead atoms. The first-order chi connectivity index (χ1) is 15.2. The van der Waals surface area contributed by atoms with Crippen molar-refractivity contribution < 1.29 is 12.8 Å². The zero-order valence-corrected chi connectivity index (χ0v) is 19.4. The number of hydrogen-bond acceptors (Lipinski definition) is 6. The fraction of sp³-hybridized carbons (Fsp3) is 0.409. The molecule has 1 fully saturated rings. The highest BCUT2D eigenvalue weighted by Crippen LogP contribution is 2.29. The number of hydrogen-bond donors (Lipinski definition) is 1. The van der Waals surface area contributed by atoms with Crippen molar-refractivity contribution in [2.24, 2.45) is 7.05 Å². The molecule has 0 radical (unpaired) electrons. The zero-order chi connectivity index (χ0) is 23.0. The van der Waals surface area contributed by atoms with E-state index in [-0.39, 0.29) is 10.9 Å². The van der Waals surface area contributed by atoms with E-state index in [1.165, 1.54) is 18.2 Å². The molecule has 4 rings (SSSR count). The van der Waals surface area contributed by atoms with Gasteiger partial charge in [-0.3, -0.25) is 4.68 Å². The van der Waals surface area contributed by atoms with Crippen LogP contribution >= 0.6 is 0 Å². The van der Waals surface area contributed by atoms with Crippen LogP contribution in [-0.2, 0) is 17.1 Å². The third-order valence-electron chi connectivity index (χ3n) is 6.10. The molecule has 8 nitrogen and oxygen atoms in total. The van der Waals surface area contributed by atoms with E-state index in [2.05, 4.69) is 24.9 Å². The second-order valence-electron chi connectivity index (χ2n) is 8.25. The molecule has 1 aliphatic heterocycles. The van der Waals surface area contributed by atoms with Crippen molar-refractivity contribution in [2.75, 3.05) is 18.0 Å². The zero-order valence-electron chi connectivity index (χ0n) is 18.6. The molecule has 1 aromatic carbocycles. The average Bonchev–Trinajstić information content (AvgIpc) is 3.16. The van der Waals surface area contributed by atoms with Gasteiger partial charge in [-0.25, -0.2) is 17.5 Å². The van der Waals surface area contributed by atoms with E-state index in [4.69, 9.17) is 0 Å². The molecule has 1 saturated heterocycles. The summed E-state index contributed by atoms with van der Waals surface area (Å²) in [6, 6.07) is 5.44. The summed E-state index contributed by atoms with van der Waals surface area (Å²) >= 11 is 0. The Labute approximate surface area is 187 Å². The molecule has 0 atom stereocenters. The monoisotopic (exact) mass is 458 g/mol. The number of nitrogens with one attached hydrogen (secondary N) is 1. The van der Waals surface area contributed by atoms with E-state index in [1.807, 2.05) is 27.0 Å². The Morgan fingerprint density at radius 2 is 1.78 bits per heavy atom. The fourth-order valence-corrected chi connectivity index (χ4v) is 5.68. The topological polar surface area (TPSA) is 93.0 Å². The summed E-state index contributed by atoms with van der Waals surface area (Å²) in [6.07, 6.45) is 3.02. The Morgan fingerprint density at radius 3 is 2.41 bits per heavy atom. The predicted octanol–water partition coefficient (Wildman–Crippen LogP) is 2.89. The average molecular weight is 459 g/mol. The SMILES string of the molecule is Cc1cc(F)ccc1S(=O)(=O)NC1CCN(c2nnc(-c3ccnn3C)c(C)c2C)CC1. The van der Waals surface area contributed by atoms with E-state index in [1.54, 1.807) is 17.8 Å².